The van der Waals surface area contributed by atoms with Crippen LogP contribution in [0, 0.1) is 5.92 Å². The van der Waals surface area contributed by atoms with E-state index in [1.165, 1.54) is 24.4 Å². The van der Waals surface area contributed by atoms with Crippen molar-refractivity contribution in [3.63, 3.8) is 0 Å². The van der Waals surface area contributed by atoms with Gasteiger partial charge in [-0.2, -0.15) is 8.78 Å². The largest absolute Gasteiger partial charge is 0.477 e. The molecule has 1 N–H and O–H groups in total. The molecule has 0 amide bonds. The number of pyridine rings is 1. The number of carbonyl (C=O) groups is 1. The van der Waals surface area contributed by atoms with Crippen LogP contribution in [0.5, 0.6) is 5.75 Å². The number of carboxylic acids is 1. The number of aromatic carboxylic acids is 1. The van der Waals surface area contributed by atoms with Crippen molar-refractivity contribution in [3.05, 3.63) is 51.8 Å². The minimum absolute atomic E-state index is 0.0207. The molecule has 0 spiro atoms. The Kier molecular flexibility index (Phi) is 4.21. The molecule has 0 unspecified atom stereocenters. The zero-order chi connectivity index (χ0) is 20.2. The Morgan fingerprint density at radius 3 is 2.71 bits per heavy atom. The summed E-state index contributed by atoms with van der Waals surface area (Å²) in [4.78, 5) is 23.7. The van der Waals surface area contributed by atoms with Crippen LogP contribution in [0.3, 0.4) is 0 Å². The van der Waals surface area contributed by atoms with Crippen molar-refractivity contribution in [2.45, 2.75) is 32.9 Å². The second kappa shape index (κ2) is 6.47. The maximum Gasteiger partial charge on any atom is 0.387 e. The van der Waals surface area contributed by atoms with Gasteiger partial charge in [0.15, 0.2) is 11.2 Å². The van der Waals surface area contributed by atoms with E-state index in [0.29, 0.717) is 23.5 Å². The van der Waals surface area contributed by atoms with Crippen LogP contribution in [0.25, 0.3) is 22.4 Å². The van der Waals surface area contributed by atoms with Gasteiger partial charge in [-0.3, -0.25) is 4.79 Å². The van der Waals surface area contributed by atoms with Crippen molar-refractivity contribution in [1.29, 1.82) is 0 Å². The van der Waals surface area contributed by atoms with Crippen LogP contribution in [0.15, 0.2) is 39.7 Å². The first-order valence-corrected chi connectivity index (χ1v) is 8.76. The normalized spacial score (nSPS) is 15.7. The molecule has 0 saturated carbocycles. The van der Waals surface area contributed by atoms with Crippen LogP contribution in [0.4, 0.5) is 8.78 Å². The van der Waals surface area contributed by atoms with Crippen LogP contribution < -0.4 is 10.2 Å². The Morgan fingerprint density at radius 2 is 2.07 bits per heavy atom. The van der Waals surface area contributed by atoms with E-state index in [2.05, 4.69) is 4.74 Å². The molecule has 28 heavy (non-hydrogen) atoms. The van der Waals surface area contributed by atoms with E-state index in [0.717, 1.165) is 10.9 Å². The van der Waals surface area contributed by atoms with E-state index in [4.69, 9.17) is 4.42 Å². The van der Waals surface area contributed by atoms with E-state index in [9.17, 15) is 23.5 Å². The summed E-state index contributed by atoms with van der Waals surface area (Å²) in [6.45, 7) is 1.07. The third-order valence-corrected chi connectivity index (χ3v) is 5.07. The summed E-state index contributed by atoms with van der Waals surface area (Å²) in [5.74, 6) is -0.711. The second-order valence-electron chi connectivity index (χ2n) is 7.11. The maximum atomic E-state index is 12.5. The third-order valence-electron chi connectivity index (χ3n) is 5.07. The van der Waals surface area contributed by atoms with Crippen LogP contribution >= 0.6 is 0 Å². The summed E-state index contributed by atoms with van der Waals surface area (Å²) in [5.41, 5.74) is 0.786. The number of rotatable bonds is 4. The quantitative estimate of drug-likeness (QED) is 0.719. The van der Waals surface area contributed by atoms with Gasteiger partial charge in [0.1, 0.15) is 16.9 Å². The monoisotopic (exact) mass is 389 g/mol. The lowest BCUT2D eigenvalue weighted by molar-refractivity contribution is -0.0497. The lowest BCUT2D eigenvalue weighted by Gasteiger charge is -2.31. The fraction of sp³-hybridized carbons (Fsp3) is 0.300. The molecule has 0 bridgehead atoms. The van der Waals surface area contributed by atoms with Crippen molar-refractivity contribution in [2.75, 3.05) is 0 Å². The van der Waals surface area contributed by atoms with E-state index < -0.39 is 18.0 Å². The van der Waals surface area contributed by atoms with Gasteiger partial charge >= 0.3 is 12.6 Å². The second-order valence-corrected chi connectivity index (χ2v) is 7.11. The molecule has 1 aromatic carbocycles. The molecule has 3 heterocycles. The number of alkyl halides is 2. The number of benzene rings is 1. The van der Waals surface area contributed by atoms with Crippen LogP contribution in [-0.4, -0.2) is 22.3 Å². The highest BCUT2D eigenvalue weighted by molar-refractivity contribution is 5.90. The lowest BCUT2D eigenvalue weighted by atomic mass is 9.89. The lowest BCUT2D eigenvalue weighted by Crippen LogP contribution is -2.27. The summed E-state index contributed by atoms with van der Waals surface area (Å²) in [6, 6.07) is 5.67. The highest BCUT2D eigenvalue weighted by Gasteiger charge is 2.32. The molecule has 0 radical (unpaired) electrons. The molecular weight excluding hydrogens is 372 g/mol. The first kappa shape index (κ1) is 18.2. The number of furan rings is 1. The van der Waals surface area contributed by atoms with Crippen molar-refractivity contribution < 1.29 is 27.8 Å². The minimum Gasteiger partial charge on any atom is -0.477 e. The van der Waals surface area contributed by atoms with Gasteiger partial charge in [-0.1, -0.05) is 13.8 Å². The smallest absolute Gasteiger partial charge is 0.387 e. The molecule has 1 atom stereocenters. The Bertz CT molecular complexity index is 1150. The molecule has 0 fully saturated rings. The zero-order valence-electron chi connectivity index (χ0n) is 15.1. The average Bonchev–Trinajstić information content (AvgIpc) is 2.97. The number of carboxylic acid groups (broad SMARTS) is 1. The molecule has 3 aromatic rings. The number of ether oxygens (including phenoxy) is 1. The minimum atomic E-state index is -2.94. The Labute approximate surface area is 158 Å². The molecule has 2 aromatic heterocycles. The summed E-state index contributed by atoms with van der Waals surface area (Å²) in [7, 11) is 0. The molecule has 146 valence electrons. The number of hydrogen-bond donors (Lipinski definition) is 1. The Balaban J connectivity index is 1.95. The molecule has 6 nitrogen and oxygen atoms in total. The van der Waals surface area contributed by atoms with Crippen LogP contribution in [0.1, 0.15) is 35.8 Å². The number of hydrogen-bond acceptors (Lipinski definition) is 4. The van der Waals surface area contributed by atoms with E-state index in [1.807, 2.05) is 13.8 Å². The number of halogens is 2. The molecular formula is C20H17F2NO5. The predicted octanol–water partition coefficient (Wildman–Crippen LogP) is 4.31. The summed E-state index contributed by atoms with van der Waals surface area (Å²) in [5, 5.41) is 10.0. The van der Waals surface area contributed by atoms with Crippen molar-refractivity contribution >= 4 is 16.9 Å². The molecule has 1 aliphatic heterocycles. The third kappa shape index (κ3) is 2.85. The van der Waals surface area contributed by atoms with Gasteiger partial charge in [0.05, 0.1) is 5.69 Å². The van der Waals surface area contributed by atoms with Gasteiger partial charge in [-0.05, 0) is 24.5 Å². The molecule has 8 heteroatoms. The van der Waals surface area contributed by atoms with Gasteiger partial charge in [0, 0.05) is 35.3 Å². The number of nitrogens with zero attached hydrogens (tertiary/aromatic N) is 1. The average molecular weight is 389 g/mol. The van der Waals surface area contributed by atoms with Gasteiger partial charge < -0.3 is 18.8 Å². The molecule has 0 aliphatic carbocycles. The van der Waals surface area contributed by atoms with Crippen LogP contribution in [-0.2, 0) is 6.42 Å². The Morgan fingerprint density at radius 1 is 1.32 bits per heavy atom. The van der Waals surface area contributed by atoms with Gasteiger partial charge in [0.25, 0.3) is 0 Å². The van der Waals surface area contributed by atoms with Crippen LogP contribution in [0.2, 0.25) is 0 Å². The molecule has 1 aliphatic rings. The Hall–Kier alpha value is -3.16. The van der Waals surface area contributed by atoms with E-state index >= 15 is 0 Å². The van der Waals surface area contributed by atoms with Gasteiger partial charge in [-0.25, -0.2) is 4.79 Å². The number of aromatic nitrogens is 1. The molecule has 4 rings (SSSR count). The topological polar surface area (TPSA) is 81.7 Å². The fourth-order valence-electron chi connectivity index (χ4n) is 3.75. The van der Waals surface area contributed by atoms with Crippen molar-refractivity contribution in [1.82, 2.24) is 4.57 Å². The first-order chi connectivity index (χ1) is 13.3. The standard InChI is InChI=1S/C20H17F2NO5/c1-9(2)14-6-12-11-4-3-10(27-20(21)22)5-17(11)28-18(12)15-7-16(24)13(19(25)26)8-23(14)15/h3-5,7-9,14,20H,6H2,1-2H3,(H,25,26)/t14-/m0/s1. The highest BCUT2D eigenvalue weighted by Crippen LogP contribution is 2.43. The van der Waals surface area contributed by atoms with Crippen molar-refractivity contribution in [3.8, 4) is 17.2 Å². The van der Waals surface area contributed by atoms with Gasteiger partial charge in [-0.15, -0.1) is 0 Å². The van der Waals surface area contributed by atoms with Gasteiger partial charge in [0.2, 0.25) is 0 Å². The predicted molar refractivity (Wildman–Crippen MR) is 97.1 cm³/mol. The van der Waals surface area contributed by atoms with E-state index in [-0.39, 0.29) is 23.3 Å². The highest BCUT2D eigenvalue weighted by atomic mass is 19.3. The van der Waals surface area contributed by atoms with E-state index in [1.54, 1.807) is 10.6 Å². The zero-order valence-corrected chi connectivity index (χ0v) is 15.1. The summed E-state index contributed by atoms with van der Waals surface area (Å²) in [6.07, 6.45) is 1.91. The number of fused-ring (bicyclic) bond motifs is 5. The summed E-state index contributed by atoms with van der Waals surface area (Å²) < 4.78 is 37.1. The SMILES string of the molecule is CC(C)[C@@H]1Cc2c(oc3cc(OC(F)F)ccc23)-c2cc(=O)c(C(=O)O)cn21. The molecule has 0 saturated heterocycles. The fourth-order valence-corrected chi connectivity index (χ4v) is 3.75. The van der Waals surface area contributed by atoms with Crippen molar-refractivity contribution in [2.24, 2.45) is 5.92 Å². The maximum absolute atomic E-state index is 12.5. The first-order valence-electron chi connectivity index (χ1n) is 8.76. The summed E-state index contributed by atoms with van der Waals surface area (Å²) >= 11 is 0.